The third-order valence-corrected chi connectivity index (χ3v) is 3.06. The molecule has 1 heterocycles. The van der Waals surface area contributed by atoms with Gasteiger partial charge in [0, 0.05) is 11.5 Å². The van der Waals surface area contributed by atoms with Crippen molar-refractivity contribution in [2.45, 2.75) is 25.1 Å². The number of halogens is 3. The van der Waals surface area contributed by atoms with E-state index in [1.165, 1.54) is 18.2 Å². The molecular weight excluding hydrogens is 287 g/mol. The first kappa shape index (κ1) is 13.7. The average Bonchev–Trinajstić information content (AvgIpc) is 3.16. The third kappa shape index (κ3) is 3.07. The Kier molecular flexibility index (Phi) is 3.19. The quantitative estimate of drug-likeness (QED) is 0.802. The maximum Gasteiger partial charge on any atom is 0.573 e. The molecule has 2 aromatic rings. The number of aromatic nitrogens is 1. The van der Waals surface area contributed by atoms with Crippen molar-refractivity contribution >= 4 is 6.29 Å². The largest absolute Gasteiger partial charge is 0.573 e. The van der Waals surface area contributed by atoms with Crippen LogP contribution in [0.5, 0.6) is 5.75 Å². The molecule has 0 spiro atoms. The summed E-state index contributed by atoms with van der Waals surface area (Å²) in [6, 6.07) is 5.30. The van der Waals surface area contributed by atoms with Crippen LogP contribution in [0, 0.1) is 0 Å². The summed E-state index contributed by atoms with van der Waals surface area (Å²) in [5, 5.41) is 0. The molecular formula is C14H10F3NO3. The van der Waals surface area contributed by atoms with Gasteiger partial charge in [-0.25, -0.2) is 4.98 Å². The van der Waals surface area contributed by atoms with E-state index in [0.29, 0.717) is 17.6 Å². The Morgan fingerprint density at radius 1 is 1.33 bits per heavy atom. The Balaban J connectivity index is 1.93. The van der Waals surface area contributed by atoms with Crippen LogP contribution in [0.25, 0.3) is 11.5 Å². The van der Waals surface area contributed by atoms with Crippen molar-refractivity contribution in [3.05, 3.63) is 35.7 Å². The van der Waals surface area contributed by atoms with Gasteiger partial charge < -0.3 is 9.15 Å². The van der Waals surface area contributed by atoms with Gasteiger partial charge in [-0.2, -0.15) is 0 Å². The smallest absolute Gasteiger partial charge is 0.440 e. The van der Waals surface area contributed by atoms with Gasteiger partial charge in [0.2, 0.25) is 5.89 Å². The lowest BCUT2D eigenvalue weighted by Gasteiger charge is -2.08. The fourth-order valence-electron chi connectivity index (χ4n) is 2.02. The molecule has 7 heteroatoms. The fraction of sp³-hybridized carbons (Fsp3) is 0.286. The third-order valence-electron chi connectivity index (χ3n) is 3.06. The predicted molar refractivity (Wildman–Crippen MR) is 66.0 cm³/mol. The molecule has 0 unspecified atom stereocenters. The van der Waals surface area contributed by atoms with Crippen molar-refractivity contribution in [1.82, 2.24) is 4.98 Å². The number of hydrogen-bond acceptors (Lipinski definition) is 4. The number of benzene rings is 1. The Labute approximate surface area is 117 Å². The number of nitrogens with zero attached hydrogens (tertiary/aromatic N) is 1. The van der Waals surface area contributed by atoms with E-state index in [0.717, 1.165) is 12.8 Å². The minimum Gasteiger partial charge on any atom is -0.440 e. The monoisotopic (exact) mass is 297 g/mol. The van der Waals surface area contributed by atoms with Crippen molar-refractivity contribution in [2.75, 3.05) is 0 Å². The SMILES string of the molecule is O=Cc1nc(-c2cccc(OC(F)(F)F)c2)oc1C1CC1. The number of hydrogen-bond donors (Lipinski definition) is 0. The number of rotatable bonds is 4. The summed E-state index contributed by atoms with van der Waals surface area (Å²) in [5.74, 6) is 0.439. The van der Waals surface area contributed by atoms with Crippen LogP contribution in [-0.4, -0.2) is 17.6 Å². The lowest BCUT2D eigenvalue weighted by Crippen LogP contribution is -2.17. The molecule has 0 N–H and O–H groups in total. The number of ether oxygens (including phenoxy) is 1. The lowest BCUT2D eigenvalue weighted by molar-refractivity contribution is -0.274. The number of alkyl halides is 3. The number of carbonyl (C=O) groups excluding carboxylic acids is 1. The molecule has 110 valence electrons. The van der Waals surface area contributed by atoms with Crippen molar-refractivity contribution in [3.63, 3.8) is 0 Å². The highest BCUT2D eigenvalue weighted by molar-refractivity contribution is 5.75. The minimum absolute atomic E-state index is 0.117. The highest BCUT2D eigenvalue weighted by atomic mass is 19.4. The number of aldehydes is 1. The first-order valence-corrected chi connectivity index (χ1v) is 6.28. The van der Waals surface area contributed by atoms with Gasteiger partial charge in [-0.05, 0) is 31.0 Å². The lowest BCUT2D eigenvalue weighted by atomic mass is 10.2. The molecule has 0 atom stereocenters. The first-order chi connectivity index (χ1) is 9.96. The molecule has 1 aromatic carbocycles. The predicted octanol–water partition coefficient (Wildman–Crippen LogP) is 3.93. The van der Waals surface area contributed by atoms with Gasteiger partial charge in [-0.15, -0.1) is 13.2 Å². The molecule has 1 aromatic heterocycles. The van der Waals surface area contributed by atoms with E-state index in [1.54, 1.807) is 6.07 Å². The van der Waals surface area contributed by atoms with Crippen LogP contribution in [0.3, 0.4) is 0 Å². The van der Waals surface area contributed by atoms with Crippen molar-refractivity contribution < 1.29 is 27.1 Å². The van der Waals surface area contributed by atoms with E-state index in [1.807, 2.05) is 0 Å². The highest BCUT2D eigenvalue weighted by Gasteiger charge is 2.32. The molecule has 21 heavy (non-hydrogen) atoms. The molecule has 0 amide bonds. The molecule has 1 saturated carbocycles. The Hall–Kier alpha value is -2.31. The second kappa shape index (κ2) is 4.91. The normalized spacial score (nSPS) is 15.0. The topological polar surface area (TPSA) is 52.3 Å². The van der Waals surface area contributed by atoms with Crippen LogP contribution < -0.4 is 4.74 Å². The van der Waals surface area contributed by atoms with E-state index in [9.17, 15) is 18.0 Å². The van der Waals surface area contributed by atoms with Crippen LogP contribution in [0.15, 0.2) is 28.7 Å². The zero-order valence-electron chi connectivity index (χ0n) is 10.7. The molecule has 0 bridgehead atoms. The van der Waals surface area contributed by atoms with E-state index in [2.05, 4.69) is 9.72 Å². The summed E-state index contributed by atoms with van der Waals surface area (Å²) in [6.07, 6.45) is -2.32. The van der Waals surface area contributed by atoms with Crippen LogP contribution in [0.2, 0.25) is 0 Å². The van der Waals surface area contributed by atoms with Gasteiger partial charge >= 0.3 is 6.36 Å². The second-order valence-electron chi connectivity index (χ2n) is 4.74. The summed E-state index contributed by atoms with van der Waals surface area (Å²) in [6.45, 7) is 0. The van der Waals surface area contributed by atoms with Crippen LogP contribution in [0.1, 0.15) is 35.0 Å². The number of oxazole rings is 1. The van der Waals surface area contributed by atoms with Crippen molar-refractivity contribution in [1.29, 1.82) is 0 Å². The fourth-order valence-corrected chi connectivity index (χ4v) is 2.02. The highest BCUT2D eigenvalue weighted by Crippen LogP contribution is 2.43. The van der Waals surface area contributed by atoms with E-state index < -0.39 is 6.36 Å². The van der Waals surface area contributed by atoms with Crippen LogP contribution in [-0.2, 0) is 0 Å². The zero-order chi connectivity index (χ0) is 15.0. The van der Waals surface area contributed by atoms with Gasteiger partial charge in [-0.3, -0.25) is 4.79 Å². The Morgan fingerprint density at radius 3 is 2.71 bits per heavy atom. The van der Waals surface area contributed by atoms with Crippen LogP contribution >= 0.6 is 0 Å². The summed E-state index contributed by atoms with van der Waals surface area (Å²) in [5.41, 5.74) is 0.529. The first-order valence-electron chi connectivity index (χ1n) is 6.28. The molecule has 3 rings (SSSR count). The molecule has 4 nitrogen and oxygen atoms in total. The molecule has 0 saturated heterocycles. The van der Waals surface area contributed by atoms with Gasteiger partial charge in [0.25, 0.3) is 0 Å². The van der Waals surface area contributed by atoms with Crippen LogP contribution in [0.4, 0.5) is 13.2 Å². The summed E-state index contributed by atoms with van der Waals surface area (Å²) >= 11 is 0. The zero-order valence-corrected chi connectivity index (χ0v) is 10.7. The van der Waals surface area contributed by atoms with Crippen molar-refractivity contribution in [3.8, 4) is 17.2 Å². The van der Waals surface area contributed by atoms with Gasteiger partial charge in [0.05, 0.1) is 0 Å². The maximum absolute atomic E-state index is 12.2. The molecule has 0 radical (unpaired) electrons. The Bertz CT molecular complexity index is 674. The molecule has 0 aliphatic heterocycles. The average molecular weight is 297 g/mol. The molecule has 1 aliphatic rings. The minimum atomic E-state index is -4.76. The van der Waals surface area contributed by atoms with E-state index in [4.69, 9.17) is 4.42 Å². The molecule has 1 aliphatic carbocycles. The van der Waals surface area contributed by atoms with Gasteiger partial charge in [0.15, 0.2) is 6.29 Å². The maximum atomic E-state index is 12.2. The van der Waals surface area contributed by atoms with Gasteiger partial charge in [0.1, 0.15) is 17.2 Å². The summed E-state index contributed by atoms with van der Waals surface area (Å²) in [4.78, 5) is 15.0. The number of carbonyl (C=O) groups is 1. The van der Waals surface area contributed by atoms with Crippen molar-refractivity contribution in [2.24, 2.45) is 0 Å². The van der Waals surface area contributed by atoms with E-state index >= 15 is 0 Å². The standard InChI is InChI=1S/C14H10F3NO3/c15-14(16,17)21-10-3-1-2-9(6-10)13-18-11(7-19)12(20-13)8-4-5-8/h1-3,6-8H,4-5H2. The Morgan fingerprint density at radius 2 is 2.10 bits per heavy atom. The summed E-state index contributed by atoms with van der Waals surface area (Å²) in [7, 11) is 0. The molecule has 1 fully saturated rings. The van der Waals surface area contributed by atoms with E-state index in [-0.39, 0.29) is 23.3 Å². The second-order valence-corrected chi connectivity index (χ2v) is 4.74. The summed E-state index contributed by atoms with van der Waals surface area (Å²) < 4.78 is 46.0. The van der Waals surface area contributed by atoms with Gasteiger partial charge in [-0.1, -0.05) is 6.07 Å².